The molecule has 0 saturated carbocycles. The Morgan fingerprint density at radius 2 is 2.00 bits per heavy atom. The fourth-order valence-corrected chi connectivity index (χ4v) is 2.88. The second-order valence-electron chi connectivity index (χ2n) is 5.27. The molecule has 1 amide bonds. The zero-order chi connectivity index (χ0) is 16.4. The van der Waals surface area contributed by atoms with Gasteiger partial charge < -0.3 is 20.3 Å². The standard InChI is InChI=1S/C11H21NO8S/c1-5(2)10-8(12-6(3)14)9(15)11(7(4-13)19-10)20-21(16,17)18/h5,7-11,13,15H,4H2,1-3H3,(H,12,14)(H,16,17,18)/t7?,8?,9-,10-,11-/m0/s1. The highest BCUT2D eigenvalue weighted by Crippen LogP contribution is 2.28. The van der Waals surface area contributed by atoms with Crippen LogP contribution in [0.2, 0.25) is 0 Å². The topological polar surface area (TPSA) is 142 Å². The third-order valence-corrected chi connectivity index (χ3v) is 3.66. The van der Waals surface area contributed by atoms with Crippen LogP contribution in [-0.4, -0.2) is 66.2 Å². The van der Waals surface area contributed by atoms with Crippen molar-refractivity contribution in [3.05, 3.63) is 0 Å². The molecule has 1 aliphatic rings. The lowest BCUT2D eigenvalue weighted by molar-refractivity contribution is -0.197. The molecular weight excluding hydrogens is 306 g/mol. The first-order valence-corrected chi connectivity index (χ1v) is 7.80. The second kappa shape index (κ2) is 6.99. The summed E-state index contributed by atoms with van der Waals surface area (Å²) >= 11 is 0. The van der Waals surface area contributed by atoms with Gasteiger partial charge in [0.1, 0.15) is 18.3 Å². The SMILES string of the molecule is CC(=O)NC1[C@H](C(C)C)OC(CO)[C@H](OS(=O)(=O)O)[C@H]1O. The molecule has 1 fully saturated rings. The van der Waals surface area contributed by atoms with E-state index in [1.807, 2.05) is 0 Å². The Morgan fingerprint density at radius 3 is 2.38 bits per heavy atom. The molecule has 0 bridgehead atoms. The van der Waals surface area contributed by atoms with E-state index in [9.17, 15) is 23.4 Å². The molecule has 21 heavy (non-hydrogen) atoms. The summed E-state index contributed by atoms with van der Waals surface area (Å²) in [7, 11) is -4.85. The molecule has 1 saturated heterocycles. The van der Waals surface area contributed by atoms with E-state index in [1.165, 1.54) is 6.92 Å². The number of hydrogen-bond acceptors (Lipinski definition) is 7. The highest BCUT2D eigenvalue weighted by Gasteiger charge is 2.48. The highest BCUT2D eigenvalue weighted by atomic mass is 32.3. The fraction of sp³-hybridized carbons (Fsp3) is 0.909. The maximum absolute atomic E-state index is 11.2. The van der Waals surface area contributed by atoms with Crippen molar-refractivity contribution in [2.24, 2.45) is 5.92 Å². The molecule has 2 unspecified atom stereocenters. The lowest BCUT2D eigenvalue weighted by Gasteiger charge is -2.45. The van der Waals surface area contributed by atoms with Crippen molar-refractivity contribution in [2.75, 3.05) is 6.61 Å². The van der Waals surface area contributed by atoms with Crippen LogP contribution in [0, 0.1) is 5.92 Å². The van der Waals surface area contributed by atoms with Crippen molar-refractivity contribution < 1.29 is 36.9 Å². The smallest absolute Gasteiger partial charge is 0.394 e. The maximum atomic E-state index is 11.2. The van der Waals surface area contributed by atoms with Gasteiger partial charge in [-0.05, 0) is 5.92 Å². The number of hydrogen-bond donors (Lipinski definition) is 4. The number of rotatable bonds is 5. The zero-order valence-corrected chi connectivity index (χ0v) is 12.8. The Balaban J connectivity index is 3.07. The maximum Gasteiger partial charge on any atom is 0.397 e. The Hall–Kier alpha value is -0.780. The van der Waals surface area contributed by atoms with Crippen molar-refractivity contribution >= 4 is 16.3 Å². The summed E-state index contributed by atoms with van der Waals surface area (Å²) < 4.78 is 40.3. The third kappa shape index (κ3) is 4.87. The summed E-state index contributed by atoms with van der Waals surface area (Å²) in [6.45, 7) is 4.18. The third-order valence-electron chi connectivity index (χ3n) is 3.20. The number of amides is 1. The number of aliphatic hydroxyl groups is 2. The molecule has 0 radical (unpaired) electrons. The van der Waals surface area contributed by atoms with E-state index >= 15 is 0 Å². The largest absolute Gasteiger partial charge is 0.397 e. The predicted octanol–water partition coefficient (Wildman–Crippen LogP) is -1.54. The molecular formula is C11H21NO8S. The van der Waals surface area contributed by atoms with Gasteiger partial charge in [-0.25, -0.2) is 4.18 Å². The van der Waals surface area contributed by atoms with Crippen molar-refractivity contribution in [1.29, 1.82) is 0 Å². The van der Waals surface area contributed by atoms with Gasteiger partial charge in [-0.2, -0.15) is 8.42 Å². The fourth-order valence-electron chi connectivity index (χ4n) is 2.36. The van der Waals surface area contributed by atoms with Crippen LogP contribution in [0.3, 0.4) is 0 Å². The van der Waals surface area contributed by atoms with E-state index in [-0.39, 0.29) is 5.92 Å². The molecule has 10 heteroatoms. The summed E-state index contributed by atoms with van der Waals surface area (Å²) in [5.74, 6) is -0.571. The van der Waals surface area contributed by atoms with Gasteiger partial charge in [0.05, 0.1) is 18.8 Å². The summed E-state index contributed by atoms with van der Waals surface area (Å²) in [4.78, 5) is 11.2. The van der Waals surface area contributed by atoms with E-state index in [2.05, 4.69) is 9.50 Å². The average molecular weight is 327 g/mol. The number of aliphatic hydroxyl groups excluding tert-OH is 2. The lowest BCUT2D eigenvalue weighted by Crippen LogP contribution is -2.65. The minimum atomic E-state index is -4.85. The Bertz CT molecular complexity index is 465. The van der Waals surface area contributed by atoms with Gasteiger partial charge in [0, 0.05) is 6.92 Å². The van der Waals surface area contributed by atoms with Crippen molar-refractivity contribution in [1.82, 2.24) is 5.32 Å². The van der Waals surface area contributed by atoms with Crippen LogP contribution in [0.5, 0.6) is 0 Å². The first kappa shape index (κ1) is 18.3. The molecule has 0 aromatic heterocycles. The summed E-state index contributed by atoms with van der Waals surface area (Å²) in [5, 5.41) is 22.0. The van der Waals surface area contributed by atoms with Crippen molar-refractivity contribution in [3.63, 3.8) is 0 Å². The van der Waals surface area contributed by atoms with Gasteiger partial charge in [-0.1, -0.05) is 13.8 Å². The molecule has 5 atom stereocenters. The molecule has 4 N–H and O–H groups in total. The second-order valence-corrected chi connectivity index (χ2v) is 6.32. The summed E-state index contributed by atoms with van der Waals surface area (Å²) in [6, 6.07) is -0.933. The monoisotopic (exact) mass is 327 g/mol. The van der Waals surface area contributed by atoms with E-state index in [0.29, 0.717) is 0 Å². The van der Waals surface area contributed by atoms with Crippen LogP contribution in [0.25, 0.3) is 0 Å². The molecule has 1 aliphatic heterocycles. The van der Waals surface area contributed by atoms with E-state index < -0.39 is 53.4 Å². The summed E-state index contributed by atoms with van der Waals surface area (Å²) in [5.41, 5.74) is 0. The first-order valence-electron chi connectivity index (χ1n) is 6.44. The summed E-state index contributed by atoms with van der Waals surface area (Å²) in [6.07, 6.45) is -4.81. The van der Waals surface area contributed by atoms with Gasteiger partial charge in [0.25, 0.3) is 0 Å². The molecule has 0 aromatic rings. The Kier molecular flexibility index (Phi) is 6.08. The molecule has 1 rings (SSSR count). The molecule has 0 aromatic carbocycles. The highest BCUT2D eigenvalue weighted by molar-refractivity contribution is 7.80. The average Bonchev–Trinajstić information content (AvgIpc) is 2.32. The van der Waals surface area contributed by atoms with Crippen LogP contribution >= 0.6 is 0 Å². The van der Waals surface area contributed by atoms with Crippen LogP contribution < -0.4 is 5.32 Å². The van der Waals surface area contributed by atoms with E-state index in [1.54, 1.807) is 13.8 Å². The minimum Gasteiger partial charge on any atom is -0.394 e. The number of carbonyl (C=O) groups is 1. The van der Waals surface area contributed by atoms with Crippen LogP contribution in [0.15, 0.2) is 0 Å². The van der Waals surface area contributed by atoms with E-state index in [4.69, 9.17) is 9.29 Å². The number of carbonyl (C=O) groups excluding carboxylic acids is 1. The van der Waals surface area contributed by atoms with Crippen LogP contribution in [0.1, 0.15) is 20.8 Å². The molecule has 1 heterocycles. The van der Waals surface area contributed by atoms with Crippen molar-refractivity contribution in [3.8, 4) is 0 Å². The van der Waals surface area contributed by atoms with Gasteiger partial charge in [0.2, 0.25) is 5.91 Å². The molecule has 9 nitrogen and oxygen atoms in total. The number of ether oxygens (including phenoxy) is 1. The normalized spacial score (nSPS) is 34.0. The molecule has 124 valence electrons. The van der Waals surface area contributed by atoms with Gasteiger partial charge in [-0.15, -0.1) is 0 Å². The first-order chi connectivity index (χ1) is 9.56. The predicted molar refractivity (Wildman–Crippen MR) is 70.6 cm³/mol. The molecule has 0 spiro atoms. The van der Waals surface area contributed by atoms with E-state index in [0.717, 1.165) is 0 Å². The number of nitrogens with one attached hydrogen (secondary N) is 1. The van der Waals surface area contributed by atoms with Gasteiger partial charge in [0.15, 0.2) is 0 Å². The zero-order valence-electron chi connectivity index (χ0n) is 12.0. The molecule has 0 aliphatic carbocycles. The van der Waals surface area contributed by atoms with Gasteiger partial charge in [-0.3, -0.25) is 9.35 Å². The van der Waals surface area contributed by atoms with Crippen LogP contribution in [-0.2, 0) is 24.1 Å². The van der Waals surface area contributed by atoms with Crippen molar-refractivity contribution in [2.45, 2.75) is 51.2 Å². The Labute approximate surface area is 123 Å². The quantitative estimate of drug-likeness (QED) is 0.445. The van der Waals surface area contributed by atoms with Crippen LogP contribution in [0.4, 0.5) is 0 Å². The van der Waals surface area contributed by atoms with Gasteiger partial charge >= 0.3 is 10.4 Å². The Morgan fingerprint density at radius 1 is 1.43 bits per heavy atom. The lowest BCUT2D eigenvalue weighted by atomic mass is 9.87. The minimum absolute atomic E-state index is 0.128.